The summed E-state index contributed by atoms with van der Waals surface area (Å²) in [5.74, 6) is 0. The van der Waals surface area contributed by atoms with E-state index < -0.39 is 0 Å². The molecule has 1 saturated carbocycles. The summed E-state index contributed by atoms with van der Waals surface area (Å²) in [4.78, 5) is 0. The molecule has 0 spiro atoms. The third kappa shape index (κ3) is 2.02. The molecule has 0 radical (unpaired) electrons. The van der Waals surface area contributed by atoms with Crippen LogP contribution in [0.5, 0.6) is 0 Å². The van der Waals surface area contributed by atoms with Gasteiger partial charge in [-0.05, 0) is 36.0 Å². The topological polar surface area (TPSA) is 23.8 Å². The fourth-order valence-electron chi connectivity index (χ4n) is 3.12. The molecule has 0 N–H and O–H groups in total. The van der Waals surface area contributed by atoms with E-state index >= 15 is 0 Å². The van der Waals surface area contributed by atoms with Gasteiger partial charge in [0, 0.05) is 0 Å². The van der Waals surface area contributed by atoms with E-state index in [4.69, 9.17) is 23.2 Å². The van der Waals surface area contributed by atoms with Gasteiger partial charge in [-0.15, -0.1) is 0 Å². The summed E-state index contributed by atoms with van der Waals surface area (Å²) < 4.78 is 0. The lowest BCUT2D eigenvalue weighted by Gasteiger charge is -2.53. The van der Waals surface area contributed by atoms with Crippen molar-refractivity contribution in [3.63, 3.8) is 0 Å². The van der Waals surface area contributed by atoms with E-state index in [0.717, 1.165) is 31.2 Å². The van der Waals surface area contributed by atoms with E-state index in [1.54, 1.807) is 6.07 Å². The highest BCUT2D eigenvalue weighted by atomic mass is 35.5. The Bertz CT molecular complexity index is 490. The molecule has 1 aliphatic carbocycles. The van der Waals surface area contributed by atoms with Gasteiger partial charge in [-0.2, -0.15) is 5.26 Å². The third-order valence-corrected chi connectivity index (χ3v) is 5.28. The second kappa shape index (κ2) is 4.76. The second-order valence-corrected chi connectivity index (χ2v) is 6.20. The van der Waals surface area contributed by atoms with Crippen molar-refractivity contribution in [2.24, 2.45) is 5.41 Å². The lowest BCUT2D eigenvalue weighted by molar-refractivity contribution is 0.0480. The monoisotopic (exact) mass is 281 g/mol. The van der Waals surface area contributed by atoms with Gasteiger partial charge in [-0.3, -0.25) is 0 Å². The van der Waals surface area contributed by atoms with E-state index in [-0.39, 0.29) is 5.41 Å². The number of hydrogen-bond acceptors (Lipinski definition) is 1. The van der Waals surface area contributed by atoms with Crippen LogP contribution in [0.25, 0.3) is 0 Å². The lowest BCUT2D eigenvalue weighted by Crippen LogP contribution is -2.48. The molecule has 0 aliphatic heterocycles. The molecule has 0 heterocycles. The zero-order valence-corrected chi connectivity index (χ0v) is 12.3. The van der Waals surface area contributed by atoms with Crippen LogP contribution >= 0.6 is 23.2 Å². The molecule has 0 unspecified atom stereocenters. The molecule has 1 fully saturated rings. The maximum atomic E-state index is 9.55. The Balaban J connectivity index is 2.32. The van der Waals surface area contributed by atoms with Crippen molar-refractivity contribution in [1.29, 1.82) is 5.26 Å². The van der Waals surface area contributed by atoms with Crippen LogP contribution in [0.2, 0.25) is 10.0 Å². The number of nitrogens with zero attached hydrogens (tertiary/aromatic N) is 1. The van der Waals surface area contributed by atoms with Crippen LogP contribution in [-0.4, -0.2) is 0 Å². The summed E-state index contributed by atoms with van der Waals surface area (Å²) in [6.07, 6.45) is 4.13. The zero-order valence-electron chi connectivity index (χ0n) is 10.8. The molecule has 18 heavy (non-hydrogen) atoms. The molecule has 1 nitrogen and oxygen atoms in total. The maximum absolute atomic E-state index is 9.55. The summed E-state index contributed by atoms with van der Waals surface area (Å²) in [6, 6.07) is 8.07. The molecule has 0 aromatic heterocycles. The quantitative estimate of drug-likeness (QED) is 0.732. The van der Waals surface area contributed by atoms with Crippen molar-refractivity contribution in [2.45, 2.75) is 44.9 Å². The summed E-state index contributed by atoms with van der Waals surface area (Å²) in [5, 5.41) is 10.6. The molecular weight excluding hydrogens is 265 g/mol. The number of rotatable bonds is 3. The maximum Gasteiger partial charge on any atom is 0.0833 e. The van der Waals surface area contributed by atoms with Crippen LogP contribution in [0.15, 0.2) is 18.2 Å². The predicted molar refractivity (Wildman–Crippen MR) is 76.0 cm³/mol. The molecule has 0 amide bonds. The molecule has 1 aromatic rings. The smallest absolute Gasteiger partial charge is 0.0833 e. The predicted octanol–water partition coefficient (Wildman–Crippen LogP) is 5.35. The summed E-state index contributed by atoms with van der Waals surface area (Å²) in [6.45, 7) is 4.42. The van der Waals surface area contributed by atoms with Gasteiger partial charge >= 0.3 is 0 Å². The normalized spacial score (nSPS) is 19.9. The Morgan fingerprint density at radius 1 is 1.17 bits per heavy atom. The Morgan fingerprint density at radius 2 is 1.78 bits per heavy atom. The first-order chi connectivity index (χ1) is 8.51. The standard InChI is InChI=1S/C15H17Cl2N/c1-3-14(4-2)8-15(9-14,10-18)11-5-6-12(16)13(17)7-11/h5-7H,3-4,8-9H2,1-2H3. The first-order valence-corrected chi connectivity index (χ1v) is 7.13. The van der Waals surface area contributed by atoms with E-state index in [0.29, 0.717) is 15.5 Å². The molecule has 1 aliphatic rings. The van der Waals surface area contributed by atoms with Crippen LogP contribution < -0.4 is 0 Å². The van der Waals surface area contributed by atoms with Gasteiger partial charge in [0.2, 0.25) is 0 Å². The SMILES string of the molecule is CCC1(CC)CC(C#N)(c2ccc(Cl)c(Cl)c2)C1. The van der Waals surface area contributed by atoms with Crippen molar-refractivity contribution in [2.75, 3.05) is 0 Å². The highest BCUT2D eigenvalue weighted by Gasteiger charge is 2.53. The summed E-state index contributed by atoms with van der Waals surface area (Å²) >= 11 is 12.0. The van der Waals surface area contributed by atoms with Crippen molar-refractivity contribution < 1.29 is 0 Å². The van der Waals surface area contributed by atoms with E-state index in [2.05, 4.69) is 19.9 Å². The number of halogens is 2. The number of benzene rings is 1. The van der Waals surface area contributed by atoms with E-state index in [1.165, 1.54) is 0 Å². The fraction of sp³-hybridized carbons (Fsp3) is 0.533. The largest absolute Gasteiger partial charge is 0.197 e. The van der Waals surface area contributed by atoms with Gasteiger partial charge in [0.05, 0.1) is 21.5 Å². The van der Waals surface area contributed by atoms with Crippen molar-refractivity contribution in [3.05, 3.63) is 33.8 Å². The van der Waals surface area contributed by atoms with Crippen LogP contribution in [0.4, 0.5) is 0 Å². The molecule has 96 valence electrons. The first-order valence-electron chi connectivity index (χ1n) is 6.38. The van der Waals surface area contributed by atoms with Crippen molar-refractivity contribution >= 4 is 23.2 Å². The van der Waals surface area contributed by atoms with Gasteiger partial charge in [-0.25, -0.2) is 0 Å². The van der Waals surface area contributed by atoms with Gasteiger partial charge < -0.3 is 0 Å². The van der Waals surface area contributed by atoms with Crippen LogP contribution in [-0.2, 0) is 5.41 Å². The molecular formula is C15H17Cl2N. The third-order valence-electron chi connectivity index (χ3n) is 4.54. The fourth-order valence-corrected chi connectivity index (χ4v) is 3.42. The minimum Gasteiger partial charge on any atom is -0.197 e. The molecule has 1 aromatic carbocycles. The summed E-state index contributed by atoms with van der Waals surface area (Å²) in [5.41, 5.74) is 0.985. The molecule has 3 heteroatoms. The van der Waals surface area contributed by atoms with Crippen molar-refractivity contribution in [1.82, 2.24) is 0 Å². The van der Waals surface area contributed by atoms with Gasteiger partial charge in [0.25, 0.3) is 0 Å². The van der Waals surface area contributed by atoms with Gasteiger partial charge in [0.1, 0.15) is 0 Å². The van der Waals surface area contributed by atoms with E-state index in [1.807, 2.05) is 12.1 Å². The second-order valence-electron chi connectivity index (χ2n) is 5.38. The average molecular weight is 282 g/mol. The van der Waals surface area contributed by atoms with E-state index in [9.17, 15) is 5.26 Å². The molecule has 0 saturated heterocycles. The number of hydrogen-bond donors (Lipinski definition) is 0. The highest BCUT2D eigenvalue weighted by Crippen LogP contribution is 2.59. The molecule has 2 rings (SSSR count). The molecule has 0 bridgehead atoms. The van der Waals surface area contributed by atoms with Gasteiger partial charge in [-0.1, -0.05) is 56.0 Å². The zero-order chi connectivity index (χ0) is 13.4. The Hall–Kier alpha value is -0.710. The van der Waals surface area contributed by atoms with Crippen LogP contribution in [0, 0.1) is 16.7 Å². The Kier molecular flexibility index (Phi) is 3.63. The Morgan fingerprint density at radius 3 is 2.22 bits per heavy atom. The van der Waals surface area contributed by atoms with Crippen LogP contribution in [0.3, 0.4) is 0 Å². The minimum absolute atomic E-state index is 0.335. The average Bonchev–Trinajstić information content (AvgIpc) is 2.34. The molecule has 0 atom stereocenters. The van der Waals surface area contributed by atoms with Crippen molar-refractivity contribution in [3.8, 4) is 6.07 Å². The minimum atomic E-state index is -0.361. The first kappa shape index (κ1) is 13.7. The Labute approximate surface area is 119 Å². The number of nitriles is 1. The highest BCUT2D eigenvalue weighted by molar-refractivity contribution is 6.42. The lowest BCUT2D eigenvalue weighted by atomic mass is 9.49. The van der Waals surface area contributed by atoms with Crippen LogP contribution in [0.1, 0.15) is 45.1 Å². The van der Waals surface area contributed by atoms with Gasteiger partial charge in [0.15, 0.2) is 0 Å². The summed E-state index contributed by atoms with van der Waals surface area (Å²) in [7, 11) is 0.